The SMILES string of the molecule is Cn1ccc(NC(=O)NCC2CC(O)CN2Cc2ccccc2)n1. The second-order valence-corrected chi connectivity index (χ2v) is 6.17. The molecule has 7 nitrogen and oxygen atoms in total. The number of β-amino-alcohol motifs (C(OH)–C–C–N with tert-alkyl or cyclic N) is 1. The average Bonchev–Trinajstić information content (AvgIpc) is 3.12. The molecule has 1 aliphatic rings. The first-order chi connectivity index (χ1) is 11.6. The number of anilines is 1. The van der Waals surface area contributed by atoms with Crippen LogP contribution in [0.25, 0.3) is 0 Å². The van der Waals surface area contributed by atoms with Gasteiger partial charge in [-0.25, -0.2) is 4.79 Å². The van der Waals surface area contributed by atoms with Crippen LogP contribution in [-0.4, -0.2) is 51.1 Å². The van der Waals surface area contributed by atoms with Crippen LogP contribution < -0.4 is 10.6 Å². The number of nitrogens with zero attached hydrogens (tertiary/aromatic N) is 3. The number of urea groups is 1. The number of rotatable bonds is 5. The summed E-state index contributed by atoms with van der Waals surface area (Å²) >= 11 is 0. The Morgan fingerprint density at radius 1 is 1.33 bits per heavy atom. The first kappa shape index (κ1) is 16.5. The molecule has 3 rings (SSSR count). The molecule has 24 heavy (non-hydrogen) atoms. The zero-order valence-corrected chi connectivity index (χ0v) is 13.7. The van der Waals surface area contributed by atoms with E-state index < -0.39 is 0 Å². The van der Waals surface area contributed by atoms with E-state index in [0.29, 0.717) is 25.3 Å². The van der Waals surface area contributed by atoms with Crippen molar-refractivity contribution in [1.82, 2.24) is 20.0 Å². The average molecular weight is 329 g/mol. The number of aliphatic hydroxyl groups is 1. The van der Waals surface area contributed by atoms with Gasteiger partial charge in [0.1, 0.15) is 0 Å². The minimum absolute atomic E-state index is 0.120. The van der Waals surface area contributed by atoms with Crippen molar-refractivity contribution >= 4 is 11.8 Å². The van der Waals surface area contributed by atoms with E-state index in [1.54, 1.807) is 24.0 Å². The van der Waals surface area contributed by atoms with E-state index in [1.807, 2.05) is 18.2 Å². The van der Waals surface area contributed by atoms with E-state index >= 15 is 0 Å². The lowest BCUT2D eigenvalue weighted by molar-refractivity contribution is 0.172. The number of aliphatic hydroxyl groups excluding tert-OH is 1. The Morgan fingerprint density at radius 2 is 2.12 bits per heavy atom. The monoisotopic (exact) mass is 329 g/mol. The van der Waals surface area contributed by atoms with Gasteiger partial charge in [0.25, 0.3) is 0 Å². The molecule has 2 amide bonds. The Balaban J connectivity index is 1.51. The van der Waals surface area contributed by atoms with Gasteiger partial charge in [-0.3, -0.25) is 14.9 Å². The molecule has 3 N–H and O–H groups in total. The Labute approximate surface area is 141 Å². The highest BCUT2D eigenvalue weighted by Gasteiger charge is 2.30. The first-order valence-corrected chi connectivity index (χ1v) is 8.10. The van der Waals surface area contributed by atoms with E-state index in [2.05, 4.69) is 32.8 Å². The molecule has 2 heterocycles. The van der Waals surface area contributed by atoms with Crippen LogP contribution in [0.4, 0.5) is 10.6 Å². The van der Waals surface area contributed by atoms with Crippen LogP contribution in [0.2, 0.25) is 0 Å². The van der Waals surface area contributed by atoms with Crippen molar-refractivity contribution in [3.05, 3.63) is 48.2 Å². The molecule has 1 aliphatic heterocycles. The highest BCUT2D eigenvalue weighted by molar-refractivity contribution is 5.88. The lowest BCUT2D eigenvalue weighted by Gasteiger charge is -2.24. The summed E-state index contributed by atoms with van der Waals surface area (Å²) in [6, 6.07) is 11.7. The van der Waals surface area contributed by atoms with Gasteiger partial charge in [0.05, 0.1) is 6.10 Å². The van der Waals surface area contributed by atoms with Crippen LogP contribution in [0, 0.1) is 0 Å². The van der Waals surface area contributed by atoms with E-state index in [4.69, 9.17) is 0 Å². The van der Waals surface area contributed by atoms with Crippen LogP contribution in [0.15, 0.2) is 42.6 Å². The molecule has 2 atom stereocenters. The Hall–Kier alpha value is -2.38. The second-order valence-electron chi connectivity index (χ2n) is 6.17. The van der Waals surface area contributed by atoms with Crippen LogP contribution in [0.3, 0.4) is 0 Å². The molecule has 1 aromatic carbocycles. The molecule has 128 valence electrons. The third-order valence-corrected chi connectivity index (χ3v) is 4.19. The Bertz CT molecular complexity index is 673. The highest BCUT2D eigenvalue weighted by Crippen LogP contribution is 2.20. The number of aryl methyl sites for hydroxylation is 1. The van der Waals surface area contributed by atoms with Gasteiger partial charge in [0.15, 0.2) is 5.82 Å². The van der Waals surface area contributed by atoms with Gasteiger partial charge < -0.3 is 10.4 Å². The summed E-state index contributed by atoms with van der Waals surface area (Å²) in [5, 5.41) is 19.6. The Morgan fingerprint density at radius 3 is 2.83 bits per heavy atom. The maximum Gasteiger partial charge on any atom is 0.320 e. The van der Waals surface area contributed by atoms with E-state index in [9.17, 15) is 9.90 Å². The summed E-state index contributed by atoms with van der Waals surface area (Å²) in [6.07, 6.45) is 2.08. The molecule has 1 saturated heterocycles. The maximum atomic E-state index is 12.0. The molecule has 2 aromatic rings. The summed E-state index contributed by atoms with van der Waals surface area (Å²) < 4.78 is 1.63. The van der Waals surface area contributed by atoms with Gasteiger partial charge in [-0.1, -0.05) is 30.3 Å². The zero-order valence-electron chi connectivity index (χ0n) is 13.7. The van der Waals surface area contributed by atoms with Crippen molar-refractivity contribution in [3.8, 4) is 0 Å². The minimum atomic E-state index is -0.348. The summed E-state index contributed by atoms with van der Waals surface area (Å²) in [6.45, 7) is 1.89. The molecule has 1 aromatic heterocycles. The molecule has 7 heteroatoms. The Kier molecular flexibility index (Phi) is 5.12. The van der Waals surface area contributed by atoms with Crippen molar-refractivity contribution in [2.45, 2.75) is 25.1 Å². The van der Waals surface area contributed by atoms with Gasteiger partial charge in [0, 0.05) is 45.0 Å². The van der Waals surface area contributed by atoms with E-state index in [1.165, 1.54) is 5.56 Å². The van der Waals surface area contributed by atoms with Gasteiger partial charge in [-0.15, -0.1) is 0 Å². The number of nitrogens with one attached hydrogen (secondary N) is 2. The lowest BCUT2D eigenvalue weighted by Crippen LogP contribution is -2.41. The predicted octanol–water partition coefficient (Wildman–Crippen LogP) is 1.18. The second kappa shape index (κ2) is 7.46. The normalized spacial score (nSPS) is 20.9. The van der Waals surface area contributed by atoms with Gasteiger partial charge in [-0.2, -0.15) is 5.10 Å². The predicted molar refractivity (Wildman–Crippen MR) is 91.5 cm³/mol. The highest BCUT2D eigenvalue weighted by atomic mass is 16.3. The van der Waals surface area contributed by atoms with Crippen molar-refractivity contribution < 1.29 is 9.90 Å². The largest absolute Gasteiger partial charge is 0.392 e. The lowest BCUT2D eigenvalue weighted by atomic mass is 10.1. The fraction of sp³-hybridized carbons (Fsp3) is 0.412. The molecule has 0 bridgehead atoms. The molecule has 0 radical (unpaired) electrons. The number of amides is 2. The summed E-state index contributed by atoms with van der Waals surface area (Å²) in [5.41, 5.74) is 1.20. The molecular formula is C17H23N5O2. The summed E-state index contributed by atoms with van der Waals surface area (Å²) in [7, 11) is 1.80. The maximum absolute atomic E-state index is 12.0. The number of likely N-dealkylation sites (tertiary alicyclic amines) is 1. The number of carbonyl (C=O) groups excluding carboxylic acids is 1. The van der Waals surface area contributed by atoms with Crippen LogP contribution in [0.1, 0.15) is 12.0 Å². The first-order valence-electron chi connectivity index (χ1n) is 8.10. The number of hydrogen-bond acceptors (Lipinski definition) is 4. The molecule has 1 fully saturated rings. The molecule has 2 unspecified atom stereocenters. The van der Waals surface area contributed by atoms with Gasteiger partial charge in [0.2, 0.25) is 0 Å². The van der Waals surface area contributed by atoms with Crippen molar-refractivity contribution in [1.29, 1.82) is 0 Å². The van der Waals surface area contributed by atoms with Crippen LogP contribution >= 0.6 is 0 Å². The van der Waals surface area contributed by atoms with Gasteiger partial charge in [-0.05, 0) is 12.0 Å². The van der Waals surface area contributed by atoms with Crippen molar-refractivity contribution in [2.24, 2.45) is 7.05 Å². The van der Waals surface area contributed by atoms with Gasteiger partial charge >= 0.3 is 6.03 Å². The third kappa shape index (κ3) is 4.33. The van der Waals surface area contributed by atoms with Crippen LogP contribution in [-0.2, 0) is 13.6 Å². The molecule has 0 saturated carbocycles. The number of carbonyl (C=O) groups is 1. The smallest absolute Gasteiger partial charge is 0.320 e. The topological polar surface area (TPSA) is 82.4 Å². The van der Waals surface area contributed by atoms with E-state index in [0.717, 1.165) is 6.54 Å². The summed E-state index contributed by atoms with van der Waals surface area (Å²) in [4.78, 5) is 14.2. The third-order valence-electron chi connectivity index (χ3n) is 4.19. The molecule has 0 aliphatic carbocycles. The number of benzene rings is 1. The zero-order chi connectivity index (χ0) is 16.9. The van der Waals surface area contributed by atoms with Crippen LogP contribution in [0.5, 0.6) is 0 Å². The number of hydrogen-bond donors (Lipinski definition) is 3. The minimum Gasteiger partial charge on any atom is -0.392 e. The fourth-order valence-electron chi connectivity index (χ4n) is 3.03. The quantitative estimate of drug-likeness (QED) is 0.769. The molecular weight excluding hydrogens is 306 g/mol. The fourth-order valence-corrected chi connectivity index (χ4v) is 3.03. The summed E-state index contributed by atoms with van der Waals surface area (Å²) in [5.74, 6) is 0.516. The standard InChI is InChI=1S/C17H23N5O2/c1-21-8-7-16(20-21)19-17(24)18-10-14-9-15(23)12-22(14)11-13-5-3-2-4-6-13/h2-8,14-15,23H,9-12H2,1H3,(H2,18,19,20,24). The van der Waals surface area contributed by atoms with E-state index in [-0.39, 0.29) is 18.2 Å². The van der Waals surface area contributed by atoms with Crippen molar-refractivity contribution in [2.75, 3.05) is 18.4 Å². The molecule has 0 spiro atoms. The van der Waals surface area contributed by atoms with Crippen molar-refractivity contribution in [3.63, 3.8) is 0 Å². The number of aromatic nitrogens is 2.